The number of carbonyl (C=O) groups excluding carboxylic acids is 1. The summed E-state index contributed by atoms with van der Waals surface area (Å²) in [7, 11) is 0. The molecule has 0 fully saturated rings. The van der Waals surface area contributed by atoms with Crippen molar-refractivity contribution in [2.75, 3.05) is 0 Å². The monoisotopic (exact) mass is 407 g/mol. The first-order valence-corrected chi connectivity index (χ1v) is 9.10. The minimum absolute atomic E-state index is 0.0603. The standard InChI is InChI=1S/C23H16F3N3O/c1-15-17(6-7-18-11-16(14-30)5-8-20(18)23(24,25)26)3-2-4-19(15)21-13-29-10-9-27-22(29)12-28-21/h2-14H,1H3/b7-6+. The Morgan fingerprint density at radius 3 is 2.60 bits per heavy atom. The van der Waals surface area contributed by atoms with E-state index in [9.17, 15) is 18.0 Å². The zero-order valence-electron chi connectivity index (χ0n) is 15.9. The van der Waals surface area contributed by atoms with Crippen molar-refractivity contribution in [2.45, 2.75) is 13.1 Å². The van der Waals surface area contributed by atoms with Gasteiger partial charge >= 0.3 is 6.18 Å². The van der Waals surface area contributed by atoms with Crippen LogP contribution < -0.4 is 0 Å². The number of halogens is 3. The Morgan fingerprint density at radius 2 is 1.83 bits per heavy atom. The van der Waals surface area contributed by atoms with Crippen LogP contribution in [0.15, 0.2) is 61.2 Å². The molecule has 4 rings (SSSR count). The Hall–Kier alpha value is -3.74. The smallest absolute Gasteiger partial charge is 0.304 e. The summed E-state index contributed by atoms with van der Waals surface area (Å²) >= 11 is 0. The highest BCUT2D eigenvalue weighted by Gasteiger charge is 2.32. The van der Waals surface area contributed by atoms with Gasteiger partial charge in [-0.05, 0) is 35.7 Å². The van der Waals surface area contributed by atoms with Crippen LogP contribution in [0.25, 0.3) is 29.1 Å². The first kappa shape index (κ1) is 19.6. The van der Waals surface area contributed by atoms with Gasteiger partial charge in [0.15, 0.2) is 5.65 Å². The molecule has 0 aliphatic heterocycles. The van der Waals surface area contributed by atoms with Gasteiger partial charge in [-0.1, -0.05) is 36.4 Å². The molecule has 0 aliphatic rings. The van der Waals surface area contributed by atoms with Crippen molar-refractivity contribution in [2.24, 2.45) is 0 Å². The molecule has 2 aromatic heterocycles. The number of imidazole rings is 1. The third-order valence-corrected chi connectivity index (χ3v) is 4.89. The van der Waals surface area contributed by atoms with Crippen molar-refractivity contribution < 1.29 is 18.0 Å². The summed E-state index contributed by atoms with van der Waals surface area (Å²) in [5, 5.41) is 0. The van der Waals surface area contributed by atoms with Gasteiger partial charge in [0.05, 0.1) is 17.5 Å². The van der Waals surface area contributed by atoms with Crippen molar-refractivity contribution >= 4 is 24.1 Å². The topological polar surface area (TPSA) is 47.3 Å². The van der Waals surface area contributed by atoms with Gasteiger partial charge in [-0.15, -0.1) is 0 Å². The second-order valence-corrected chi connectivity index (χ2v) is 6.78. The fourth-order valence-corrected chi connectivity index (χ4v) is 3.31. The molecule has 0 amide bonds. The molecular weight excluding hydrogens is 391 g/mol. The molecule has 2 aromatic carbocycles. The molecule has 4 nitrogen and oxygen atoms in total. The predicted octanol–water partition coefficient (Wildman–Crippen LogP) is 5.71. The molecule has 0 saturated carbocycles. The number of fused-ring (bicyclic) bond motifs is 1. The summed E-state index contributed by atoms with van der Waals surface area (Å²) in [6, 6.07) is 8.89. The van der Waals surface area contributed by atoms with Crippen molar-refractivity contribution in [3.05, 3.63) is 89.0 Å². The van der Waals surface area contributed by atoms with E-state index in [1.807, 2.05) is 41.9 Å². The zero-order chi connectivity index (χ0) is 21.3. The van der Waals surface area contributed by atoms with E-state index < -0.39 is 11.7 Å². The Balaban J connectivity index is 1.75. The van der Waals surface area contributed by atoms with Crippen LogP contribution in [-0.2, 0) is 6.18 Å². The van der Waals surface area contributed by atoms with Gasteiger partial charge in [0.25, 0.3) is 0 Å². The summed E-state index contributed by atoms with van der Waals surface area (Å²) in [6.07, 6.45) is 6.04. The Bertz CT molecular complexity index is 1270. The Morgan fingerprint density at radius 1 is 1.03 bits per heavy atom. The largest absolute Gasteiger partial charge is 0.416 e. The third-order valence-electron chi connectivity index (χ3n) is 4.89. The van der Waals surface area contributed by atoms with Gasteiger partial charge in [-0.3, -0.25) is 9.78 Å². The van der Waals surface area contributed by atoms with E-state index in [4.69, 9.17) is 0 Å². The molecule has 0 atom stereocenters. The molecule has 0 N–H and O–H groups in total. The second kappa shape index (κ2) is 7.59. The molecule has 0 aliphatic carbocycles. The van der Waals surface area contributed by atoms with Gasteiger partial charge < -0.3 is 4.40 Å². The molecule has 0 spiro atoms. The van der Waals surface area contributed by atoms with Gasteiger partial charge in [-0.2, -0.15) is 13.2 Å². The third kappa shape index (κ3) is 3.74. The van der Waals surface area contributed by atoms with Crippen molar-refractivity contribution in [3.8, 4) is 11.3 Å². The summed E-state index contributed by atoms with van der Waals surface area (Å²) < 4.78 is 41.9. The number of benzene rings is 2. The van der Waals surface area contributed by atoms with Gasteiger partial charge in [0.1, 0.15) is 6.29 Å². The number of alkyl halides is 3. The number of rotatable bonds is 4. The number of carbonyl (C=O) groups is 1. The minimum Gasteiger partial charge on any atom is -0.304 e. The average molecular weight is 407 g/mol. The number of hydrogen-bond acceptors (Lipinski definition) is 3. The normalized spacial score (nSPS) is 12.0. The Labute approximate surface area is 170 Å². The lowest BCUT2D eigenvalue weighted by Crippen LogP contribution is -2.07. The number of aldehydes is 1. The molecule has 4 aromatic rings. The maximum atomic E-state index is 13.3. The maximum absolute atomic E-state index is 13.3. The molecule has 30 heavy (non-hydrogen) atoms. The lowest BCUT2D eigenvalue weighted by atomic mass is 9.98. The summed E-state index contributed by atoms with van der Waals surface area (Å²) in [4.78, 5) is 19.6. The van der Waals surface area contributed by atoms with E-state index in [-0.39, 0.29) is 11.1 Å². The predicted molar refractivity (Wildman–Crippen MR) is 109 cm³/mol. The lowest BCUT2D eigenvalue weighted by Gasteiger charge is -2.12. The van der Waals surface area contributed by atoms with E-state index in [2.05, 4.69) is 9.97 Å². The second-order valence-electron chi connectivity index (χ2n) is 6.78. The summed E-state index contributed by atoms with van der Waals surface area (Å²) in [5.74, 6) is 0. The molecule has 7 heteroatoms. The minimum atomic E-state index is -4.51. The van der Waals surface area contributed by atoms with Crippen molar-refractivity contribution in [3.63, 3.8) is 0 Å². The fraction of sp³-hybridized carbons (Fsp3) is 0.0870. The van der Waals surface area contributed by atoms with Gasteiger partial charge in [-0.25, -0.2) is 4.98 Å². The van der Waals surface area contributed by atoms with E-state index in [1.165, 1.54) is 12.1 Å². The van der Waals surface area contributed by atoms with E-state index in [1.54, 1.807) is 18.5 Å². The number of aromatic nitrogens is 3. The zero-order valence-corrected chi connectivity index (χ0v) is 15.9. The summed E-state index contributed by atoms with van der Waals surface area (Å²) in [6.45, 7) is 1.89. The van der Waals surface area contributed by atoms with Crippen LogP contribution in [0.5, 0.6) is 0 Å². The first-order valence-electron chi connectivity index (χ1n) is 9.10. The maximum Gasteiger partial charge on any atom is 0.416 e. The molecule has 0 bridgehead atoms. The quantitative estimate of drug-likeness (QED) is 0.322. The molecule has 0 saturated heterocycles. The van der Waals surface area contributed by atoms with E-state index in [0.29, 0.717) is 6.29 Å². The van der Waals surface area contributed by atoms with E-state index in [0.717, 1.165) is 40.2 Å². The highest BCUT2D eigenvalue weighted by atomic mass is 19.4. The van der Waals surface area contributed by atoms with Crippen LogP contribution in [0.4, 0.5) is 13.2 Å². The van der Waals surface area contributed by atoms with Crippen LogP contribution >= 0.6 is 0 Å². The number of hydrogen-bond donors (Lipinski definition) is 0. The number of nitrogens with zero attached hydrogens (tertiary/aromatic N) is 3. The van der Waals surface area contributed by atoms with E-state index >= 15 is 0 Å². The highest BCUT2D eigenvalue weighted by molar-refractivity contribution is 5.81. The molecule has 150 valence electrons. The molecule has 0 unspecified atom stereocenters. The van der Waals surface area contributed by atoms with Crippen LogP contribution in [-0.4, -0.2) is 20.7 Å². The summed E-state index contributed by atoms with van der Waals surface area (Å²) in [5.41, 5.74) is 3.29. The molecule has 0 radical (unpaired) electrons. The van der Waals surface area contributed by atoms with Gasteiger partial charge in [0, 0.05) is 29.7 Å². The fourth-order valence-electron chi connectivity index (χ4n) is 3.31. The highest BCUT2D eigenvalue weighted by Crippen LogP contribution is 2.33. The SMILES string of the molecule is Cc1c(/C=C/c2cc(C=O)ccc2C(F)(F)F)cccc1-c1cn2ccnc2cn1. The lowest BCUT2D eigenvalue weighted by molar-refractivity contribution is -0.137. The molecular formula is C23H16F3N3O. The van der Waals surface area contributed by atoms with Gasteiger partial charge in [0.2, 0.25) is 0 Å². The van der Waals surface area contributed by atoms with Crippen molar-refractivity contribution in [1.29, 1.82) is 0 Å². The van der Waals surface area contributed by atoms with Crippen molar-refractivity contribution in [1.82, 2.24) is 14.4 Å². The molecule has 2 heterocycles. The average Bonchev–Trinajstić information content (AvgIpc) is 3.20. The van der Waals surface area contributed by atoms with Crippen LogP contribution in [0.1, 0.15) is 32.6 Å². The Kier molecular flexibility index (Phi) is 4.95. The first-order chi connectivity index (χ1) is 14.4. The van der Waals surface area contributed by atoms with Crippen LogP contribution in [0.2, 0.25) is 0 Å². The van der Waals surface area contributed by atoms with Crippen LogP contribution in [0.3, 0.4) is 0 Å². The van der Waals surface area contributed by atoms with Crippen LogP contribution in [0, 0.1) is 6.92 Å².